The summed E-state index contributed by atoms with van der Waals surface area (Å²) in [5.74, 6) is 0.672. The van der Waals surface area contributed by atoms with E-state index in [2.05, 4.69) is 5.32 Å². The number of amides is 1. The van der Waals surface area contributed by atoms with E-state index in [9.17, 15) is 9.36 Å². The van der Waals surface area contributed by atoms with Crippen molar-refractivity contribution in [3.05, 3.63) is 29.8 Å². The van der Waals surface area contributed by atoms with Gasteiger partial charge in [-0.1, -0.05) is 18.6 Å². The van der Waals surface area contributed by atoms with Crippen LogP contribution in [0.15, 0.2) is 24.3 Å². The minimum absolute atomic E-state index is 0.00521. The van der Waals surface area contributed by atoms with Gasteiger partial charge in [-0.05, 0) is 75.1 Å². The average Bonchev–Trinajstić information content (AvgIpc) is 2.62. The van der Waals surface area contributed by atoms with Crippen LogP contribution >= 0.6 is 8.03 Å². The van der Waals surface area contributed by atoms with Crippen LogP contribution in [0.1, 0.15) is 58.4 Å². The largest absolute Gasteiger partial charge is 0.514 e. The molecule has 1 aromatic rings. The molecular weight excluding hydrogens is 365 g/mol. The summed E-state index contributed by atoms with van der Waals surface area (Å²) < 4.78 is 28.2. The lowest BCUT2D eigenvalue weighted by atomic mass is 10.0. The Labute approximate surface area is 162 Å². The molecular formula is C20H31NO5P+. The average molecular weight is 396 g/mol. The number of alkyl carbamates (subject to hydrolysis) is 1. The number of hydrogen-bond donors (Lipinski definition) is 1. The third-order valence-electron chi connectivity index (χ3n) is 4.28. The first-order valence-electron chi connectivity index (χ1n) is 9.61. The molecule has 1 aromatic carbocycles. The van der Waals surface area contributed by atoms with E-state index >= 15 is 0 Å². The minimum Gasteiger partial charge on any atom is -0.463 e. The monoisotopic (exact) mass is 396 g/mol. The van der Waals surface area contributed by atoms with Gasteiger partial charge >= 0.3 is 14.1 Å². The number of nitrogens with one attached hydrogen (secondary N) is 1. The van der Waals surface area contributed by atoms with Crippen LogP contribution in [0.2, 0.25) is 0 Å². The topological polar surface area (TPSA) is 73.9 Å². The van der Waals surface area contributed by atoms with E-state index in [-0.39, 0.29) is 12.5 Å². The molecule has 1 fully saturated rings. The SMILES string of the molecule is CC(C)(C)OC(=O)NCCc1ccc(OCO[P+](=O)C2CCCCC2)cc1. The van der Waals surface area contributed by atoms with E-state index < -0.39 is 19.7 Å². The zero-order valence-electron chi connectivity index (χ0n) is 16.5. The normalized spacial score (nSPS) is 15.9. The molecule has 1 atom stereocenters. The summed E-state index contributed by atoms with van der Waals surface area (Å²) in [5, 5.41) is 2.74. The van der Waals surface area contributed by atoms with Crippen LogP contribution in [-0.4, -0.2) is 30.7 Å². The second-order valence-corrected chi connectivity index (χ2v) is 9.35. The van der Waals surface area contributed by atoms with Crippen molar-refractivity contribution in [2.45, 2.75) is 70.6 Å². The quantitative estimate of drug-likeness (QED) is 0.484. The lowest BCUT2D eigenvalue weighted by Gasteiger charge is -2.19. The summed E-state index contributed by atoms with van der Waals surface area (Å²) in [6.45, 7) is 6.01. The maximum atomic E-state index is 12.1. The Hall–Kier alpha value is -1.65. The molecule has 0 aromatic heterocycles. The molecule has 27 heavy (non-hydrogen) atoms. The van der Waals surface area contributed by atoms with E-state index in [0.717, 1.165) is 31.2 Å². The van der Waals surface area contributed by atoms with Gasteiger partial charge < -0.3 is 14.8 Å². The second-order valence-electron chi connectivity index (χ2n) is 7.79. The van der Waals surface area contributed by atoms with E-state index in [4.69, 9.17) is 14.0 Å². The van der Waals surface area contributed by atoms with Gasteiger partial charge in [0, 0.05) is 6.54 Å². The van der Waals surface area contributed by atoms with Crippen molar-refractivity contribution in [1.82, 2.24) is 5.32 Å². The molecule has 1 aliphatic rings. The van der Waals surface area contributed by atoms with Crippen molar-refractivity contribution < 1.29 is 23.4 Å². The number of benzene rings is 1. The summed E-state index contributed by atoms with van der Waals surface area (Å²) >= 11 is 0. The Morgan fingerprint density at radius 3 is 2.44 bits per heavy atom. The van der Waals surface area contributed by atoms with Crippen molar-refractivity contribution in [3.63, 3.8) is 0 Å². The Balaban J connectivity index is 1.64. The van der Waals surface area contributed by atoms with E-state index in [1.165, 1.54) is 6.42 Å². The fourth-order valence-corrected chi connectivity index (χ4v) is 4.07. The summed E-state index contributed by atoms with van der Waals surface area (Å²) in [5.41, 5.74) is 0.761. The van der Waals surface area contributed by atoms with Crippen molar-refractivity contribution in [1.29, 1.82) is 0 Å². The Kier molecular flexibility index (Phi) is 8.52. The molecule has 2 rings (SSSR count). The fourth-order valence-electron chi connectivity index (χ4n) is 2.92. The van der Waals surface area contributed by atoms with E-state index in [0.29, 0.717) is 18.7 Å². The highest BCUT2D eigenvalue weighted by Gasteiger charge is 2.34. The molecule has 1 saturated carbocycles. The first-order chi connectivity index (χ1) is 12.8. The number of hydrogen-bond acceptors (Lipinski definition) is 5. The molecule has 7 heteroatoms. The van der Waals surface area contributed by atoms with Gasteiger partial charge in [0.1, 0.15) is 11.4 Å². The van der Waals surface area contributed by atoms with Gasteiger partial charge in [-0.25, -0.2) is 4.79 Å². The molecule has 1 N–H and O–H groups in total. The zero-order chi connectivity index (χ0) is 19.7. The van der Waals surface area contributed by atoms with Gasteiger partial charge in [0.25, 0.3) is 0 Å². The van der Waals surface area contributed by atoms with Crippen LogP contribution < -0.4 is 10.1 Å². The van der Waals surface area contributed by atoms with Crippen molar-refractivity contribution in [2.24, 2.45) is 0 Å². The number of carbonyl (C=O) groups excluding carboxylic acids is 1. The summed E-state index contributed by atoms with van der Waals surface area (Å²) in [6.07, 6.45) is 5.77. The Bertz CT molecular complexity index is 606. The standard InChI is InChI=1S/C20H30NO5P/c1-20(2,3)26-19(22)21-14-13-16-9-11-17(12-10-16)24-15-25-27(23)18-7-5-4-6-8-18/h9-12,18H,4-8,13-15H2,1-3H3/p+1. The van der Waals surface area contributed by atoms with Crippen LogP contribution in [0.3, 0.4) is 0 Å². The van der Waals surface area contributed by atoms with E-state index in [1.54, 1.807) is 0 Å². The highest BCUT2D eigenvalue weighted by Crippen LogP contribution is 2.39. The molecule has 0 saturated heterocycles. The Morgan fingerprint density at radius 1 is 1.15 bits per heavy atom. The third kappa shape index (κ3) is 8.72. The molecule has 0 radical (unpaired) electrons. The Morgan fingerprint density at radius 2 is 1.81 bits per heavy atom. The predicted molar refractivity (Wildman–Crippen MR) is 105 cm³/mol. The van der Waals surface area contributed by atoms with Crippen LogP contribution in [-0.2, 0) is 20.2 Å². The van der Waals surface area contributed by atoms with Crippen LogP contribution in [0.5, 0.6) is 5.75 Å². The highest BCUT2D eigenvalue weighted by molar-refractivity contribution is 7.40. The highest BCUT2D eigenvalue weighted by atomic mass is 31.1. The molecule has 0 spiro atoms. The zero-order valence-corrected chi connectivity index (χ0v) is 17.4. The van der Waals surface area contributed by atoms with Crippen molar-refractivity contribution in [2.75, 3.05) is 13.3 Å². The molecule has 0 aliphatic heterocycles. The molecule has 150 valence electrons. The lowest BCUT2D eigenvalue weighted by Crippen LogP contribution is -2.33. The number of carbonyl (C=O) groups is 1. The number of rotatable bonds is 8. The smallest absolute Gasteiger partial charge is 0.463 e. The molecule has 1 unspecified atom stereocenters. The minimum atomic E-state index is -1.65. The summed E-state index contributed by atoms with van der Waals surface area (Å²) in [7, 11) is -1.65. The van der Waals surface area contributed by atoms with Crippen molar-refractivity contribution >= 4 is 14.1 Å². The number of ether oxygens (including phenoxy) is 2. The summed E-state index contributed by atoms with van der Waals surface area (Å²) in [4.78, 5) is 11.6. The maximum Gasteiger partial charge on any atom is 0.514 e. The fraction of sp³-hybridized carbons (Fsp3) is 0.650. The second kappa shape index (κ2) is 10.6. The first-order valence-corrected chi connectivity index (χ1v) is 10.9. The van der Waals surface area contributed by atoms with Gasteiger partial charge in [-0.2, -0.15) is 0 Å². The first kappa shape index (κ1) is 21.6. The van der Waals surface area contributed by atoms with Gasteiger partial charge in [-0.3, -0.25) is 0 Å². The lowest BCUT2D eigenvalue weighted by molar-refractivity contribution is 0.0528. The molecule has 0 heterocycles. The molecule has 1 amide bonds. The summed E-state index contributed by atoms with van der Waals surface area (Å²) in [6, 6.07) is 7.57. The van der Waals surface area contributed by atoms with Gasteiger partial charge in [0.15, 0.2) is 5.66 Å². The van der Waals surface area contributed by atoms with Crippen LogP contribution in [0.4, 0.5) is 4.79 Å². The maximum absolute atomic E-state index is 12.1. The van der Waals surface area contributed by atoms with Gasteiger partial charge in [0.05, 0.1) is 0 Å². The molecule has 0 bridgehead atoms. The van der Waals surface area contributed by atoms with Gasteiger partial charge in [0.2, 0.25) is 6.79 Å². The predicted octanol–water partition coefficient (Wildman–Crippen LogP) is 5.18. The third-order valence-corrected chi connectivity index (χ3v) is 5.76. The van der Waals surface area contributed by atoms with Crippen LogP contribution in [0.25, 0.3) is 0 Å². The van der Waals surface area contributed by atoms with E-state index in [1.807, 2.05) is 45.0 Å². The van der Waals surface area contributed by atoms with Gasteiger partial charge in [-0.15, -0.1) is 4.52 Å². The molecule has 1 aliphatic carbocycles. The van der Waals surface area contributed by atoms with Crippen molar-refractivity contribution in [3.8, 4) is 5.75 Å². The van der Waals surface area contributed by atoms with Crippen LogP contribution in [0, 0.1) is 0 Å². The molecule has 6 nitrogen and oxygen atoms in total.